The third kappa shape index (κ3) is 5.30. The first kappa shape index (κ1) is 21.4. The van der Waals surface area contributed by atoms with Crippen LogP contribution in [-0.4, -0.2) is 38.1 Å². The van der Waals surface area contributed by atoms with E-state index < -0.39 is 18.4 Å². The van der Waals surface area contributed by atoms with Crippen molar-refractivity contribution in [2.75, 3.05) is 0 Å². The van der Waals surface area contributed by atoms with Crippen LogP contribution in [0, 0.1) is 13.8 Å². The summed E-state index contributed by atoms with van der Waals surface area (Å²) in [6.45, 7) is 10.9. The molecule has 2 rings (SSSR count). The fourth-order valence-corrected chi connectivity index (χ4v) is 19.3. The summed E-state index contributed by atoms with van der Waals surface area (Å²) in [5.41, 5.74) is 0. The summed E-state index contributed by atoms with van der Waals surface area (Å²) in [6.07, 6.45) is 7.94. The Labute approximate surface area is 163 Å². The van der Waals surface area contributed by atoms with Crippen LogP contribution in [0.25, 0.3) is 5.82 Å². The van der Waals surface area contributed by atoms with Crippen molar-refractivity contribution in [3.63, 3.8) is 0 Å². The van der Waals surface area contributed by atoms with Crippen molar-refractivity contribution in [3.8, 4) is 5.82 Å². The third-order valence-corrected chi connectivity index (χ3v) is 20.5. The standard InChI is InChI=1S/C9H9N4.3C4H9.Sn/c1-7-11-8(2)13(12-7)9-5-3-4-6-10-9;3*1-3-4-2;/h3-5H,1-2H3;3*1,3-4H2,2H3;. The zero-order chi connectivity index (χ0) is 19.0. The van der Waals surface area contributed by atoms with E-state index in [4.69, 9.17) is 4.98 Å². The summed E-state index contributed by atoms with van der Waals surface area (Å²) < 4.78 is 7.69. The van der Waals surface area contributed by atoms with Crippen LogP contribution in [-0.2, 0) is 0 Å². The van der Waals surface area contributed by atoms with E-state index in [0.29, 0.717) is 0 Å². The molecule has 144 valence electrons. The Morgan fingerprint density at radius 3 is 1.88 bits per heavy atom. The fourth-order valence-electron chi connectivity index (χ4n) is 3.88. The molecular weight excluding hydrogens is 427 g/mol. The van der Waals surface area contributed by atoms with E-state index in [1.54, 1.807) is 0 Å². The summed E-state index contributed by atoms with van der Waals surface area (Å²) in [4.78, 5) is 9.66. The van der Waals surface area contributed by atoms with E-state index in [9.17, 15) is 0 Å². The van der Waals surface area contributed by atoms with Gasteiger partial charge in [0.2, 0.25) is 0 Å². The summed E-state index contributed by atoms with van der Waals surface area (Å²) in [6, 6.07) is 6.62. The van der Waals surface area contributed by atoms with Crippen molar-refractivity contribution in [2.45, 2.75) is 86.5 Å². The molecule has 0 saturated heterocycles. The molecule has 2 aromatic heterocycles. The van der Waals surface area contributed by atoms with E-state index in [0.717, 1.165) is 17.5 Å². The van der Waals surface area contributed by atoms with Crippen molar-refractivity contribution in [2.24, 2.45) is 0 Å². The number of pyridine rings is 1. The zero-order valence-electron chi connectivity index (χ0n) is 17.4. The molecule has 5 heteroatoms. The molecular formula is C21H36N4Sn. The molecule has 0 atom stereocenters. The molecule has 2 aromatic rings. The van der Waals surface area contributed by atoms with Gasteiger partial charge < -0.3 is 0 Å². The first-order valence-corrected chi connectivity index (χ1v) is 17.9. The Hall–Kier alpha value is -0.911. The van der Waals surface area contributed by atoms with Crippen LogP contribution < -0.4 is 3.71 Å². The molecule has 0 radical (unpaired) electrons. The maximum absolute atomic E-state index is 5.20. The second-order valence-corrected chi connectivity index (χ2v) is 20.6. The van der Waals surface area contributed by atoms with Crippen molar-refractivity contribution in [1.29, 1.82) is 0 Å². The van der Waals surface area contributed by atoms with Gasteiger partial charge in [-0.2, -0.15) is 0 Å². The van der Waals surface area contributed by atoms with E-state index >= 15 is 0 Å². The van der Waals surface area contributed by atoms with E-state index in [1.807, 2.05) is 18.5 Å². The molecule has 0 fully saturated rings. The molecule has 0 N–H and O–H groups in total. The number of hydrogen-bond donors (Lipinski definition) is 0. The Bertz CT molecular complexity index is 659. The van der Waals surface area contributed by atoms with Gasteiger partial charge in [0.25, 0.3) is 0 Å². The topological polar surface area (TPSA) is 43.6 Å². The molecule has 0 amide bonds. The van der Waals surface area contributed by atoms with Crippen molar-refractivity contribution in [3.05, 3.63) is 29.8 Å². The first-order valence-electron chi connectivity index (χ1n) is 10.4. The number of hydrogen-bond acceptors (Lipinski definition) is 3. The van der Waals surface area contributed by atoms with Gasteiger partial charge in [-0.3, -0.25) is 0 Å². The molecule has 0 unspecified atom stereocenters. The fraction of sp³-hybridized carbons (Fsp3) is 0.667. The average Bonchev–Trinajstić information content (AvgIpc) is 3.00. The van der Waals surface area contributed by atoms with Crippen LogP contribution >= 0.6 is 0 Å². The Balaban J connectivity index is 2.44. The number of nitrogens with zero attached hydrogens (tertiary/aromatic N) is 4. The van der Waals surface area contributed by atoms with Crippen LogP contribution in [0.3, 0.4) is 0 Å². The third-order valence-electron chi connectivity index (χ3n) is 5.40. The molecule has 4 nitrogen and oxygen atoms in total. The van der Waals surface area contributed by atoms with E-state index in [1.165, 1.54) is 55.5 Å². The molecule has 2 heterocycles. The second kappa shape index (κ2) is 10.4. The van der Waals surface area contributed by atoms with Crippen LogP contribution in [0.2, 0.25) is 13.3 Å². The Kier molecular flexibility index (Phi) is 8.58. The van der Waals surface area contributed by atoms with Crippen molar-refractivity contribution >= 4 is 22.1 Å². The molecule has 0 saturated carbocycles. The summed E-state index contributed by atoms with van der Waals surface area (Å²) in [7, 11) is 0. The first-order chi connectivity index (χ1) is 12.6. The predicted molar refractivity (Wildman–Crippen MR) is 113 cm³/mol. The van der Waals surface area contributed by atoms with Gasteiger partial charge in [-0.25, -0.2) is 0 Å². The van der Waals surface area contributed by atoms with Gasteiger partial charge in [-0.05, 0) is 0 Å². The van der Waals surface area contributed by atoms with Gasteiger partial charge in [-0.1, -0.05) is 0 Å². The minimum atomic E-state index is -2.49. The maximum atomic E-state index is 5.20. The van der Waals surface area contributed by atoms with Crippen molar-refractivity contribution < 1.29 is 0 Å². The number of rotatable bonds is 11. The van der Waals surface area contributed by atoms with Gasteiger partial charge in [0.05, 0.1) is 0 Å². The molecule has 0 spiro atoms. The number of aryl methyl sites for hydroxylation is 2. The second-order valence-electron chi connectivity index (χ2n) is 7.59. The molecule has 0 aliphatic rings. The van der Waals surface area contributed by atoms with E-state index in [2.05, 4.69) is 49.1 Å². The van der Waals surface area contributed by atoms with Crippen LogP contribution in [0.1, 0.15) is 70.9 Å². The molecule has 0 aromatic carbocycles. The van der Waals surface area contributed by atoms with Gasteiger partial charge in [-0.15, -0.1) is 0 Å². The van der Waals surface area contributed by atoms with Crippen LogP contribution in [0.5, 0.6) is 0 Å². The van der Waals surface area contributed by atoms with E-state index in [-0.39, 0.29) is 0 Å². The predicted octanol–water partition coefficient (Wildman–Crippen LogP) is 5.34. The Morgan fingerprint density at radius 2 is 1.42 bits per heavy atom. The van der Waals surface area contributed by atoms with Crippen LogP contribution in [0.4, 0.5) is 0 Å². The number of aromatic nitrogens is 4. The number of unbranched alkanes of at least 4 members (excludes halogenated alkanes) is 3. The molecule has 0 bridgehead atoms. The zero-order valence-corrected chi connectivity index (χ0v) is 20.2. The van der Waals surface area contributed by atoms with Gasteiger partial charge in [0, 0.05) is 0 Å². The normalized spacial score (nSPS) is 11.9. The molecule has 26 heavy (non-hydrogen) atoms. The van der Waals surface area contributed by atoms with Gasteiger partial charge in [0.15, 0.2) is 0 Å². The summed E-state index contributed by atoms with van der Waals surface area (Å²) >= 11 is -2.49. The summed E-state index contributed by atoms with van der Waals surface area (Å²) in [5.74, 6) is 2.68. The van der Waals surface area contributed by atoms with Gasteiger partial charge >= 0.3 is 164 Å². The van der Waals surface area contributed by atoms with Crippen molar-refractivity contribution in [1.82, 2.24) is 19.7 Å². The summed E-state index contributed by atoms with van der Waals surface area (Å²) in [5, 5.41) is 4.56. The Morgan fingerprint density at radius 1 is 0.846 bits per heavy atom. The SMILES string of the molecule is CCC[CH2][Sn]([CH2]CCC)([CH2]CCC)[c]1cccc(-n2nc(C)nc2C)n1. The average molecular weight is 463 g/mol. The molecule has 0 aliphatic carbocycles. The van der Waals surface area contributed by atoms with Gasteiger partial charge in [0.1, 0.15) is 0 Å². The van der Waals surface area contributed by atoms with Crippen LogP contribution in [0.15, 0.2) is 18.2 Å². The monoisotopic (exact) mass is 464 g/mol. The molecule has 0 aliphatic heterocycles. The minimum absolute atomic E-state index is 0.812. The quantitative estimate of drug-likeness (QED) is 0.423.